The Bertz CT molecular complexity index is 700. The molecule has 5 nitrogen and oxygen atoms in total. The first-order chi connectivity index (χ1) is 11.5. The largest absolute Gasteiger partial charge is 0.494 e. The van der Waals surface area contributed by atoms with E-state index < -0.39 is 0 Å². The summed E-state index contributed by atoms with van der Waals surface area (Å²) in [6.45, 7) is 8.61. The van der Waals surface area contributed by atoms with Crippen LogP contribution in [0.1, 0.15) is 47.7 Å². The average molecular weight is 328 g/mol. The number of hydrogen-bond donors (Lipinski definition) is 1. The van der Waals surface area contributed by atoms with Crippen LogP contribution in [0.15, 0.2) is 39.9 Å². The smallest absolute Gasteiger partial charge is 0.274 e. The van der Waals surface area contributed by atoms with E-state index >= 15 is 0 Å². The van der Waals surface area contributed by atoms with Gasteiger partial charge in [0.1, 0.15) is 17.3 Å². The average Bonchev–Trinajstić information content (AvgIpc) is 2.87. The molecular formula is C19H24N2O3. The van der Waals surface area contributed by atoms with Crippen LogP contribution in [0.25, 0.3) is 0 Å². The summed E-state index contributed by atoms with van der Waals surface area (Å²) >= 11 is 0. The number of hydrogen-bond acceptors (Lipinski definition) is 4. The summed E-state index contributed by atoms with van der Waals surface area (Å²) in [5.41, 5.74) is 3.88. The highest BCUT2D eigenvalue weighted by molar-refractivity contribution is 5.95. The second-order valence-corrected chi connectivity index (χ2v) is 6.13. The van der Waals surface area contributed by atoms with E-state index in [4.69, 9.17) is 9.15 Å². The van der Waals surface area contributed by atoms with Gasteiger partial charge in [-0.05, 0) is 62.1 Å². The molecule has 1 N–H and O–H groups in total. The Labute approximate surface area is 142 Å². The predicted octanol–water partition coefficient (Wildman–Crippen LogP) is 4.09. The Morgan fingerprint density at radius 1 is 1.29 bits per heavy atom. The third-order valence-corrected chi connectivity index (χ3v) is 3.51. The van der Waals surface area contributed by atoms with Crippen LogP contribution in [-0.2, 0) is 0 Å². The van der Waals surface area contributed by atoms with Gasteiger partial charge in [-0.15, -0.1) is 0 Å². The van der Waals surface area contributed by atoms with Gasteiger partial charge >= 0.3 is 0 Å². The van der Waals surface area contributed by atoms with E-state index in [1.807, 2.05) is 24.3 Å². The maximum Gasteiger partial charge on any atom is 0.274 e. The van der Waals surface area contributed by atoms with Gasteiger partial charge in [0.05, 0.1) is 18.4 Å². The number of furan rings is 1. The van der Waals surface area contributed by atoms with Gasteiger partial charge in [-0.1, -0.05) is 13.8 Å². The molecule has 0 saturated heterocycles. The molecule has 0 aliphatic heterocycles. The lowest BCUT2D eigenvalue weighted by Gasteiger charge is -2.07. The normalized spacial score (nSPS) is 11.2. The molecule has 2 aromatic rings. The highest BCUT2D eigenvalue weighted by Gasteiger charge is 2.12. The molecule has 0 atom stereocenters. The summed E-state index contributed by atoms with van der Waals surface area (Å²) in [6, 6.07) is 9.28. The van der Waals surface area contributed by atoms with E-state index in [9.17, 15) is 4.79 Å². The van der Waals surface area contributed by atoms with Crippen molar-refractivity contribution in [2.24, 2.45) is 11.0 Å². The summed E-state index contributed by atoms with van der Waals surface area (Å²) in [4.78, 5) is 12.0. The number of hydrazone groups is 1. The Balaban J connectivity index is 1.85. The first-order valence-electron chi connectivity index (χ1n) is 8.09. The number of ether oxygens (including phenoxy) is 1. The minimum Gasteiger partial charge on any atom is -0.494 e. The molecule has 128 valence electrons. The van der Waals surface area contributed by atoms with Gasteiger partial charge in [0.25, 0.3) is 5.91 Å². The van der Waals surface area contributed by atoms with Crippen LogP contribution in [0.5, 0.6) is 5.75 Å². The van der Waals surface area contributed by atoms with Gasteiger partial charge in [-0.2, -0.15) is 5.10 Å². The highest BCUT2D eigenvalue weighted by Crippen LogP contribution is 2.14. The van der Waals surface area contributed by atoms with Crippen LogP contribution in [0, 0.1) is 19.8 Å². The molecule has 0 spiro atoms. The van der Waals surface area contributed by atoms with E-state index in [1.54, 1.807) is 26.1 Å². The first-order valence-corrected chi connectivity index (χ1v) is 8.09. The van der Waals surface area contributed by atoms with Crippen molar-refractivity contribution >= 4 is 12.1 Å². The fraction of sp³-hybridized carbons (Fsp3) is 0.368. The van der Waals surface area contributed by atoms with Crippen molar-refractivity contribution in [2.45, 2.75) is 34.1 Å². The molecule has 0 saturated carbocycles. The van der Waals surface area contributed by atoms with Gasteiger partial charge in [-0.25, -0.2) is 5.43 Å². The maximum absolute atomic E-state index is 12.0. The van der Waals surface area contributed by atoms with Crippen molar-refractivity contribution in [3.63, 3.8) is 0 Å². The van der Waals surface area contributed by atoms with Crippen LogP contribution in [0.2, 0.25) is 0 Å². The molecule has 1 amide bonds. The molecule has 1 aromatic carbocycles. The molecule has 5 heteroatoms. The summed E-state index contributed by atoms with van der Waals surface area (Å²) in [6.07, 6.45) is 2.63. The standard InChI is InChI=1S/C19H24N2O3/c1-13(2)9-10-23-17-7-5-16(6-8-17)12-20-21-19(22)18-11-14(3)24-15(18)4/h5-8,11-13H,9-10H2,1-4H3,(H,21,22)/b20-12-. The number of carbonyl (C=O) groups is 1. The monoisotopic (exact) mass is 328 g/mol. The van der Waals surface area contributed by atoms with Crippen LogP contribution in [-0.4, -0.2) is 18.7 Å². The minimum atomic E-state index is -0.283. The summed E-state index contributed by atoms with van der Waals surface area (Å²) in [5.74, 6) is 2.47. The number of benzene rings is 1. The van der Waals surface area contributed by atoms with Crippen LogP contribution in [0.4, 0.5) is 0 Å². The molecule has 1 aromatic heterocycles. The van der Waals surface area contributed by atoms with Crippen LogP contribution in [0.3, 0.4) is 0 Å². The number of rotatable bonds is 7. The lowest BCUT2D eigenvalue weighted by molar-refractivity contribution is 0.0953. The first kappa shape index (κ1) is 17.8. The van der Waals surface area contributed by atoms with Crippen molar-refractivity contribution < 1.29 is 13.9 Å². The summed E-state index contributed by atoms with van der Waals surface area (Å²) in [7, 11) is 0. The molecular weight excluding hydrogens is 304 g/mol. The van der Waals surface area contributed by atoms with Crippen molar-refractivity contribution in [3.05, 3.63) is 53.0 Å². The Morgan fingerprint density at radius 2 is 2.00 bits per heavy atom. The van der Waals surface area contributed by atoms with Crippen molar-refractivity contribution in [1.82, 2.24) is 5.43 Å². The molecule has 0 aliphatic carbocycles. The Morgan fingerprint density at radius 3 is 2.58 bits per heavy atom. The zero-order valence-corrected chi connectivity index (χ0v) is 14.6. The summed E-state index contributed by atoms with van der Waals surface area (Å²) in [5, 5.41) is 3.98. The Hall–Kier alpha value is -2.56. The van der Waals surface area contributed by atoms with Gasteiger partial charge in [0.2, 0.25) is 0 Å². The number of nitrogens with zero attached hydrogens (tertiary/aromatic N) is 1. The van der Waals surface area contributed by atoms with E-state index in [1.165, 1.54) is 0 Å². The zero-order chi connectivity index (χ0) is 17.5. The van der Waals surface area contributed by atoms with Crippen molar-refractivity contribution in [1.29, 1.82) is 0 Å². The molecule has 0 fully saturated rings. The zero-order valence-electron chi connectivity index (χ0n) is 14.6. The molecule has 0 bridgehead atoms. The molecule has 0 unspecified atom stereocenters. The topological polar surface area (TPSA) is 63.8 Å². The predicted molar refractivity (Wildman–Crippen MR) is 94.6 cm³/mol. The molecule has 24 heavy (non-hydrogen) atoms. The highest BCUT2D eigenvalue weighted by atomic mass is 16.5. The van der Waals surface area contributed by atoms with Gasteiger partial charge in [-0.3, -0.25) is 4.79 Å². The number of carbonyl (C=O) groups excluding carboxylic acids is 1. The second kappa shape index (κ2) is 8.34. The summed E-state index contributed by atoms with van der Waals surface area (Å²) < 4.78 is 11.0. The Kier molecular flexibility index (Phi) is 6.18. The minimum absolute atomic E-state index is 0.283. The van der Waals surface area contributed by atoms with Crippen molar-refractivity contribution in [3.8, 4) is 5.75 Å². The third-order valence-electron chi connectivity index (χ3n) is 3.51. The third kappa shape index (κ3) is 5.26. The number of nitrogens with one attached hydrogen (secondary N) is 1. The SMILES string of the molecule is Cc1cc(C(=O)N/N=C\c2ccc(OCCC(C)C)cc2)c(C)o1. The molecule has 0 radical (unpaired) electrons. The van der Waals surface area contributed by atoms with Crippen LogP contribution >= 0.6 is 0 Å². The van der Waals surface area contributed by atoms with Crippen molar-refractivity contribution in [2.75, 3.05) is 6.61 Å². The van der Waals surface area contributed by atoms with E-state index in [-0.39, 0.29) is 5.91 Å². The lowest BCUT2D eigenvalue weighted by Crippen LogP contribution is -2.17. The second-order valence-electron chi connectivity index (χ2n) is 6.13. The van der Waals surface area contributed by atoms with Gasteiger partial charge in [0, 0.05) is 0 Å². The van der Waals surface area contributed by atoms with E-state index in [2.05, 4.69) is 24.4 Å². The quantitative estimate of drug-likeness (QED) is 0.615. The fourth-order valence-electron chi connectivity index (χ4n) is 2.14. The molecule has 0 aliphatic rings. The van der Waals surface area contributed by atoms with Gasteiger partial charge in [0.15, 0.2) is 0 Å². The molecule has 2 rings (SSSR count). The number of aryl methyl sites for hydroxylation is 2. The number of amides is 1. The maximum atomic E-state index is 12.0. The van der Waals surface area contributed by atoms with E-state index in [0.717, 1.165) is 17.7 Å². The lowest BCUT2D eigenvalue weighted by atomic mass is 10.1. The molecule has 1 heterocycles. The van der Waals surface area contributed by atoms with Crippen LogP contribution < -0.4 is 10.2 Å². The van der Waals surface area contributed by atoms with E-state index in [0.29, 0.717) is 29.6 Å². The fourth-order valence-corrected chi connectivity index (χ4v) is 2.14. The van der Waals surface area contributed by atoms with Gasteiger partial charge < -0.3 is 9.15 Å².